The highest BCUT2D eigenvalue weighted by atomic mass is 35.5. The van der Waals surface area contributed by atoms with Crippen LogP contribution in [0.1, 0.15) is 16.5 Å². The summed E-state index contributed by atoms with van der Waals surface area (Å²) in [6.07, 6.45) is 0. The molecule has 0 fully saturated rings. The summed E-state index contributed by atoms with van der Waals surface area (Å²) in [6.45, 7) is 0. The van der Waals surface area contributed by atoms with Crippen LogP contribution >= 0.6 is 22.9 Å². The third-order valence-electron chi connectivity index (χ3n) is 2.23. The molecule has 0 bridgehead atoms. The van der Waals surface area contributed by atoms with Gasteiger partial charge in [0.2, 0.25) is 0 Å². The predicted octanol–water partition coefficient (Wildman–Crippen LogP) is 3.03. The Morgan fingerprint density at radius 3 is 2.73 bits per heavy atom. The summed E-state index contributed by atoms with van der Waals surface area (Å²) in [5.74, 6) is 0. The van der Waals surface area contributed by atoms with E-state index in [9.17, 15) is 0 Å². The second-order valence-electron chi connectivity index (χ2n) is 3.27. The fourth-order valence-corrected chi connectivity index (χ4v) is 2.36. The Kier molecular flexibility index (Phi) is 2.95. The van der Waals surface area contributed by atoms with E-state index < -0.39 is 0 Å². The van der Waals surface area contributed by atoms with E-state index in [1.54, 1.807) is 23.5 Å². The number of anilines is 1. The van der Waals surface area contributed by atoms with Crippen LogP contribution in [0.5, 0.6) is 0 Å². The molecule has 2 rings (SSSR count). The average molecular weight is 239 g/mol. The number of thiophene rings is 1. The molecular weight excluding hydrogens is 228 g/mol. The van der Waals surface area contributed by atoms with E-state index >= 15 is 0 Å². The molecule has 4 heteroatoms. The van der Waals surface area contributed by atoms with Gasteiger partial charge in [0.05, 0.1) is 6.04 Å². The van der Waals surface area contributed by atoms with Gasteiger partial charge in [0, 0.05) is 15.6 Å². The fraction of sp³-hybridized carbons (Fsp3) is 0.0909. The molecule has 0 aliphatic carbocycles. The van der Waals surface area contributed by atoms with Crippen LogP contribution < -0.4 is 11.5 Å². The number of nitrogens with two attached hydrogens (primary N) is 2. The summed E-state index contributed by atoms with van der Waals surface area (Å²) in [6, 6.07) is 9.15. The number of hydrogen-bond donors (Lipinski definition) is 2. The quantitative estimate of drug-likeness (QED) is 0.791. The van der Waals surface area contributed by atoms with Gasteiger partial charge in [-0.3, -0.25) is 0 Å². The van der Waals surface area contributed by atoms with Crippen LogP contribution in [0.2, 0.25) is 5.02 Å². The summed E-state index contributed by atoms with van der Waals surface area (Å²) >= 11 is 7.53. The van der Waals surface area contributed by atoms with Gasteiger partial charge in [-0.2, -0.15) is 0 Å². The van der Waals surface area contributed by atoms with Gasteiger partial charge in [-0.05, 0) is 35.2 Å². The lowest BCUT2D eigenvalue weighted by atomic mass is 10.0. The van der Waals surface area contributed by atoms with E-state index in [0.29, 0.717) is 10.7 Å². The molecule has 15 heavy (non-hydrogen) atoms. The number of benzene rings is 1. The molecule has 78 valence electrons. The molecule has 1 atom stereocenters. The Morgan fingerprint density at radius 1 is 1.27 bits per heavy atom. The molecule has 1 aromatic carbocycles. The highest BCUT2D eigenvalue weighted by Gasteiger charge is 2.13. The third kappa shape index (κ3) is 2.15. The molecule has 0 amide bonds. The van der Waals surface area contributed by atoms with Crippen molar-refractivity contribution in [1.29, 1.82) is 0 Å². The van der Waals surface area contributed by atoms with Crippen LogP contribution in [0.4, 0.5) is 5.69 Å². The van der Waals surface area contributed by atoms with Crippen LogP contribution in [0.3, 0.4) is 0 Å². The van der Waals surface area contributed by atoms with Crippen molar-refractivity contribution in [2.24, 2.45) is 5.73 Å². The minimum absolute atomic E-state index is 0.191. The summed E-state index contributed by atoms with van der Waals surface area (Å²) in [5.41, 5.74) is 13.5. The standard InChI is InChI=1S/C11H11ClN2S/c12-7-3-4-9(13)8(6-7)11(14)10-2-1-5-15-10/h1-6,11H,13-14H2/t11-/m0/s1. The van der Waals surface area contributed by atoms with Gasteiger partial charge in [0.1, 0.15) is 0 Å². The summed E-state index contributed by atoms with van der Waals surface area (Å²) in [7, 11) is 0. The largest absolute Gasteiger partial charge is 0.398 e. The maximum atomic E-state index is 6.10. The number of rotatable bonds is 2. The molecule has 0 aliphatic heterocycles. The van der Waals surface area contributed by atoms with Gasteiger partial charge in [0.15, 0.2) is 0 Å². The highest BCUT2D eigenvalue weighted by molar-refractivity contribution is 7.10. The van der Waals surface area contributed by atoms with E-state index in [1.165, 1.54) is 0 Å². The van der Waals surface area contributed by atoms with Crippen molar-refractivity contribution in [1.82, 2.24) is 0 Å². The van der Waals surface area contributed by atoms with Crippen molar-refractivity contribution in [2.75, 3.05) is 5.73 Å². The molecule has 1 aromatic heterocycles. The van der Waals surface area contributed by atoms with Crippen molar-refractivity contribution in [3.63, 3.8) is 0 Å². The zero-order chi connectivity index (χ0) is 10.8. The van der Waals surface area contributed by atoms with Crippen molar-refractivity contribution >= 4 is 28.6 Å². The molecule has 1 heterocycles. The van der Waals surface area contributed by atoms with Crippen molar-refractivity contribution in [3.8, 4) is 0 Å². The molecule has 0 saturated heterocycles. The van der Waals surface area contributed by atoms with Crippen LogP contribution in [-0.4, -0.2) is 0 Å². The molecule has 2 aromatic rings. The second kappa shape index (κ2) is 4.23. The Balaban J connectivity index is 2.41. The zero-order valence-corrected chi connectivity index (χ0v) is 9.55. The first-order valence-corrected chi connectivity index (χ1v) is 5.78. The summed E-state index contributed by atoms with van der Waals surface area (Å²) in [5, 5.41) is 2.65. The molecule has 2 nitrogen and oxygen atoms in total. The average Bonchev–Trinajstić information content (AvgIpc) is 2.74. The summed E-state index contributed by atoms with van der Waals surface area (Å²) in [4.78, 5) is 1.09. The molecule has 0 spiro atoms. The lowest BCUT2D eigenvalue weighted by Crippen LogP contribution is -2.12. The first kappa shape index (κ1) is 10.5. The van der Waals surface area contributed by atoms with Crippen molar-refractivity contribution < 1.29 is 0 Å². The highest BCUT2D eigenvalue weighted by Crippen LogP contribution is 2.29. The second-order valence-corrected chi connectivity index (χ2v) is 4.68. The topological polar surface area (TPSA) is 52.0 Å². The van der Waals surface area contributed by atoms with Crippen LogP contribution in [-0.2, 0) is 0 Å². The molecule has 0 aliphatic rings. The van der Waals surface area contributed by atoms with E-state index in [4.69, 9.17) is 23.1 Å². The maximum Gasteiger partial charge on any atom is 0.0666 e. The molecule has 4 N–H and O–H groups in total. The van der Waals surface area contributed by atoms with Crippen molar-refractivity contribution in [2.45, 2.75) is 6.04 Å². The zero-order valence-electron chi connectivity index (χ0n) is 7.98. The molecule has 0 saturated carbocycles. The minimum atomic E-state index is -0.191. The number of halogens is 1. The lowest BCUT2D eigenvalue weighted by Gasteiger charge is -2.13. The Labute approximate surface area is 97.5 Å². The smallest absolute Gasteiger partial charge is 0.0666 e. The van der Waals surface area contributed by atoms with E-state index in [1.807, 2.05) is 23.6 Å². The van der Waals surface area contributed by atoms with Gasteiger partial charge >= 0.3 is 0 Å². The van der Waals surface area contributed by atoms with Crippen LogP contribution in [0.15, 0.2) is 35.7 Å². The van der Waals surface area contributed by atoms with Gasteiger partial charge in [-0.1, -0.05) is 17.7 Å². The van der Waals surface area contributed by atoms with Gasteiger partial charge < -0.3 is 11.5 Å². The molecule has 0 unspecified atom stereocenters. The SMILES string of the molecule is Nc1ccc(Cl)cc1[C@H](N)c1cccs1. The van der Waals surface area contributed by atoms with Gasteiger partial charge in [-0.25, -0.2) is 0 Å². The molecule has 0 radical (unpaired) electrons. The van der Waals surface area contributed by atoms with Crippen molar-refractivity contribution in [3.05, 3.63) is 51.2 Å². The molecular formula is C11H11ClN2S. The fourth-order valence-electron chi connectivity index (χ4n) is 1.44. The third-order valence-corrected chi connectivity index (χ3v) is 3.42. The number of hydrogen-bond acceptors (Lipinski definition) is 3. The normalized spacial score (nSPS) is 12.7. The first-order valence-electron chi connectivity index (χ1n) is 4.52. The maximum absolute atomic E-state index is 6.10. The Morgan fingerprint density at radius 2 is 2.07 bits per heavy atom. The van der Waals surface area contributed by atoms with Gasteiger partial charge in [-0.15, -0.1) is 11.3 Å². The van der Waals surface area contributed by atoms with Crippen LogP contribution in [0.25, 0.3) is 0 Å². The first-order chi connectivity index (χ1) is 7.18. The summed E-state index contributed by atoms with van der Waals surface area (Å²) < 4.78 is 0. The van der Waals surface area contributed by atoms with E-state index in [2.05, 4.69) is 0 Å². The van der Waals surface area contributed by atoms with Gasteiger partial charge in [0.25, 0.3) is 0 Å². The Hall–Kier alpha value is -1.03. The Bertz CT molecular complexity index is 454. The van der Waals surface area contributed by atoms with E-state index in [-0.39, 0.29) is 6.04 Å². The predicted molar refractivity (Wildman–Crippen MR) is 66.2 cm³/mol. The van der Waals surface area contributed by atoms with E-state index in [0.717, 1.165) is 10.4 Å². The monoisotopic (exact) mass is 238 g/mol. The number of nitrogen functional groups attached to an aromatic ring is 1. The van der Waals surface area contributed by atoms with Crippen LogP contribution in [0, 0.1) is 0 Å². The minimum Gasteiger partial charge on any atom is -0.398 e. The lowest BCUT2D eigenvalue weighted by molar-refractivity contribution is 0.897.